The summed E-state index contributed by atoms with van der Waals surface area (Å²) in [6.07, 6.45) is -4.52. The van der Waals surface area contributed by atoms with Crippen LogP contribution >= 0.6 is 0 Å². The van der Waals surface area contributed by atoms with Crippen molar-refractivity contribution in [3.8, 4) is 0 Å². The summed E-state index contributed by atoms with van der Waals surface area (Å²) in [4.78, 5) is 21.2. The third-order valence-electron chi connectivity index (χ3n) is 2.16. The molecule has 2 N–H and O–H groups in total. The average molecular weight is 277 g/mol. The smallest absolute Gasteiger partial charge is 0.371 e. The summed E-state index contributed by atoms with van der Waals surface area (Å²) in [6, 6.07) is 3.14. The van der Waals surface area contributed by atoms with Crippen molar-refractivity contribution in [2.24, 2.45) is 0 Å². The molecule has 0 bridgehead atoms. The number of hydrogen-bond acceptors (Lipinski definition) is 4. The Kier molecular flexibility index (Phi) is 4.30. The monoisotopic (exact) mass is 277 g/mol. The van der Waals surface area contributed by atoms with Crippen LogP contribution in [0.2, 0.25) is 0 Å². The van der Waals surface area contributed by atoms with Crippen molar-refractivity contribution in [3.05, 3.63) is 33.9 Å². The maximum atomic E-state index is 12.1. The molecule has 19 heavy (non-hydrogen) atoms. The number of carbonyl (C=O) groups is 1. The molecule has 0 fully saturated rings. The first-order valence-electron chi connectivity index (χ1n) is 5.05. The van der Waals surface area contributed by atoms with E-state index < -0.39 is 29.2 Å². The van der Waals surface area contributed by atoms with Crippen molar-refractivity contribution in [1.82, 2.24) is 5.32 Å². The SMILES string of the molecule is CNC(=O)c1ccc([N+](=O)[O-])c(NCC(F)(F)F)c1. The summed E-state index contributed by atoms with van der Waals surface area (Å²) < 4.78 is 36.3. The molecule has 1 rings (SSSR count). The Balaban J connectivity index is 3.09. The highest BCUT2D eigenvalue weighted by Gasteiger charge is 2.28. The lowest BCUT2D eigenvalue weighted by Crippen LogP contribution is -2.22. The van der Waals surface area contributed by atoms with E-state index in [2.05, 4.69) is 5.32 Å². The zero-order chi connectivity index (χ0) is 14.6. The van der Waals surface area contributed by atoms with E-state index in [4.69, 9.17) is 0 Å². The average Bonchev–Trinajstić information content (AvgIpc) is 2.34. The lowest BCUT2D eigenvalue weighted by Gasteiger charge is -2.10. The Bertz CT molecular complexity index is 503. The van der Waals surface area contributed by atoms with Crippen LogP contribution in [0.5, 0.6) is 0 Å². The van der Waals surface area contributed by atoms with Gasteiger partial charge in [-0.2, -0.15) is 13.2 Å². The number of rotatable bonds is 4. The summed E-state index contributed by atoms with van der Waals surface area (Å²) >= 11 is 0. The molecule has 6 nitrogen and oxygen atoms in total. The minimum Gasteiger partial charge on any atom is -0.371 e. The molecule has 0 aromatic heterocycles. The number of amides is 1. The predicted octanol–water partition coefficient (Wildman–Crippen LogP) is 1.93. The fourth-order valence-corrected chi connectivity index (χ4v) is 1.32. The number of nitrogens with zero attached hydrogens (tertiary/aromatic N) is 1. The van der Waals surface area contributed by atoms with E-state index in [0.717, 1.165) is 18.2 Å². The maximum absolute atomic E-state index is 12.1. The molecule has 9 heteroatoms. The second kappa shape index (κ2) is 5.55. The Hall–Kier alpha value is -2.32. The summed E-state index contributed by atoms with van der Waals surface area (Å²) in [5.74, 6) is -0.551. The molecule has 0 unspecified atom stereocenters. The molecular formula is C10H10F3N3O3. The fourth-order valence-electron chi connectivity index (χ4n) is 1.32. The number of anilines is 1. The van der Waals surface area contributed by atoms with Gasteiger partial charge in [0.05, 0.1) is 4.92 Å². The van der Waals surface area contributed by atoms with Gasteiger partial charge in [-0.15, -0.1) is 0 Å². The largest absolute Gasteiger partial charge is 0.405 e. The molecule has 0 saturated heterocycles. The maximum Gasteiger partial charge on any atom is 0.405 e. The van der Waals surface area contributed by atoms with Gasteiger partial charge >= 0.3 is 6.18 Å². The summed E-state index contributed by atoms with van der Waals surface area (Å²) in [5.41, 5.74) is -0.863. The van der Waals surface area contributed by atoms with Gasteiger partial charge in [0, 0.05) is 18.7 Å². The highest BCUT2D eigenvalue weighted by molar-refractivity contribution is 5.95. The van der Waals surface area contributed by atoms with Crippen LogP contribution in [0.1, 0.15) is 10.4 Å². The Morgan fingerprint density at radius 2 is 2.05 bits per heavy atom. The van der Waals surface area contributed by atoms with Gasteiger partial charge < -0.3 is 10.6 Å². The molecule has 104 valence electrons. The second-order valence-electron chi connectivity index (χ2n) is 3.54. The number of alkyl halides is 3. The molecule has 0 aliphatic rings. The van der Waals surface area contributed by atoms with Gasteiger partial charge in [0.1, 0.15) is 12.2 Å². The number of carbonyl (C=O) groups excluding carboxylic acids is 1. The minimum atomic E-state index is -4.52. The lowest BCUT2D eigenvalue weighted by atomic mass is 10.1. The van der Waals surface area contributed by atoms with E-state index in [9.17, 15) is 28.1 Å². The molecule has 0 atom stereocenters. The third-order valence-corrected chi connectivity index (χ3v) is 2.16. The van der Waals surface area contributed by atoms with Crippen molar-refractivity contribution >= 4 is 17.3 Å². The number of nitrogens with one attached hydrogen (secondary N) is 2. The molecule has 0 aliphatic carbocycles. The number of hydrogen-bond donors (Lipinski definition) is 2. The molecule has 0 saturated carbocycles. The Morgan fingerprint density at radius 1 is 1.42 bits per heavy atom. The molecule has 1 aromatic carbocycles. The van der Waals surface area contributed by atoms with Crippen molar-refractivity contribution in [2.45, 2.75) is 6.18 Å². The van der Waals surface area contributed by atoms with Crippen LogP contribution in [0.4, 0.5) is 24.5 Å². The number of benzene rings is 1. The Morgan fingerprint density at radius 3 is 2.53 bits per heavy atom. The molecule has 1 aromatic rings. The number of halogens is 3. The predicted molar refractivity (Wildman–Crippen MR) is 61.0 cm³/mol. The van der Waals surface area contributed by atoms with Crippen LogP contribution in [-0.2, 0) is 0 Å². The highest BCUT2D eigenvalue weighted by Crippen LogP contribution is 2.27. The van der Waals surface area contributed by atoms with Gasteiger partial charge in [0.15, 0.2) is 0 Å². The first kappa shape index (κ1) is 14.7. The van der Waals surface area contributed by atoms with Crippen molar-refractivity contribution in [3.63, 3.8) is 0 Å². The quantitative estimate of drug-likeness (QED) is 0.650. The van der Waals surface area contributed by atoms with E-state index in [1.807, 2.05) is 5.32 Å². The molecule has 0 aliphatic heterocycles. The number of nitro groups is 1. The van der Waals surface area contributed by atoms with Crippen molar-refractivity contribution in [1.29, 1.82) is 0 Å². The van der Waals surface area contributed by atoms with E-state index in [-0.39, 0.29) is 11.3 Å². The third kappa shape index (κ3) is 4.12. The van der Waals surface area contributed by atoms with Gasteiger partial charge in [0.2, 0.25) is 0 Å². The van der Waals surface area contributed by atoms with Crippen LogP contribution in [-0.4, -0.2) is 30.6 Å². The van der Waals surface area contributed by atoms with Crippen LogP contribution in [0.15, 0.2) is 18.2 Å². The zero-order valence-corrected chi connectivity index (χ0v) is 9.75. The van der Waals surface area contributed by atoms with Crippen molar-refractivity contribution < 1.29 is 22.9 Å². The highest BCUT2D eigenvalue weighted by atomic mass is 19.4. The van der Waals surface area contributed by atoms with Gasteiger partial charge in [0.25, 0.3) is 11.6 Å². The van der Waals surface area contributed by atoms with Crippen LogP contribution < -0.4 is 10.6 Å². The van der Waals surface area contributed by atoms with Gasteiger partial charge in [-0.1, -0.05) is 0 Å². The van der Waals surface area contributed by atoms with E-state index in [0.29, 0.717) is 0 Å². The summed E-state index contributed by atoms with van der Waals surface area (Å²) in [6.45, 7) is -1.43. The molecule has 1 amide bonds. The lowest BCUT2D eigenvalue weighted by molar-refractivity contribution is -0.384. The zero-order valence-electron chi connectivity index (χ0n) is 9.75. The molecule has 0 radical (unpaired) electrons. The van der Waals surface area contributed by atoms with Crippen LogP contribution in [0.3, 0.4) is 0 Å². The van der Waals surface area contributed by atoms with E-state index in [1.54, 1.807) is 0 Å². The first-order chi connectivity index (χ1) is 8.74. The second-order valence-corrected chi connectivity index (χ2v) is 3.54. The minimum absolute atomic E-state index is 0.0257. The summed E-state index contributed by atoms with van der Waals surface area (Å²) in [7, 11) is 1.34. The normalized spacial score (nSPS) is 10.9. The number of nitro benzene ring substituents is 1. The molecule has 0 heterocycles. The van der Waals surface area contributed by atoms with Gasteiger partial charge in [-0.3, -0.25) is 14.9 Å². The van der Waals surface area contributed by atoms with Crippen LogP contribution in [0, 0.1) is 10.1 Å². The van der Waals surface area contributed by atoms with Crippen LogP contribution in [0.25, 0.3) is 0 Å². The van der Waals surface area contributed by atoms with Crippen molar-refractivity contribution in [2.75, 3.05) is 18.9 Å². The van der Waals surface area contributed by atoms with E-state index in [1.165, 1.54) is 7.05 Å². The van der Waals surface area contributed by atoms with Gasteiger partial charge in [-0.25, -0.2) is 0 Å². The van der Waals surface area contributed by atoms with E-state index >= 15 is 0 Å². The first-order valence-corrected chi connectivity index (χ1v) is 5.05. The summed E-state index contributed by atoms with van der Waals surface area (Å²) in [5, 5.41) is 14.9. The Labute approximate surface area is 105 Å². The molecular weight excluding hydrogens is 267 g/mol. The fraction of sp³-hybridized carbons (Fsp3) is 0.300. The standard InChI is InChI=1S/C10H10F3N3O3/c1-14-9(17)6-2-3-8(16(18)19)7(4-6)15-5-10(11,12)13/h2-4,15H,5H2,1H3,(H,14,17). The molecule has 0 spiro atoms. The van der Waals surface area contributed by atoms with Gasteiger partial charge in [-0.05, 0) is 12.1 Å². The topological polar surface area (TPSA) is 84.3 Å².